The number of rotatable bonds is 7. The van der Waals surface area contributed by atoms with Gasteiger partial charge in [0.05, 0.1) is 13.7 Å². The van der Waals surface area contributed by atoms with E-state index in [2.05, 4.69) is 21.5 Å². The number of anilines is 1. The molecule has 0 fully saturated rings. The second-order valence-electron chi connectivity index (χ2n) is 3.88. The second kappa shape index (κ2) is 8.26. The number of ether oxygens (including phenoxy) is 2. The molecule has 1 rings (SSSR count). The lowest BCUT2D eigenvalue weighted by atomic mass is 10.2. The van der Waals surface area contributed by atoms with Gasteiger partial charge in [-0.2, -0.15) is 0 Å². The van der Waals surface area contributed by atoms with Crippen LogP contribution in [0.2, 0.25) is 0 Å². The Morgan fingerprint density at radius 1 is 1.42 bits per heavy atom. The Hall–Kier alpha value is -1.88. The van der Waals surface area contributed by atoms with E-state index in [-0.39, 0.29) is 5.97 Å². The maximum atomic E-state index is 11.0. The van der Waals surface area contributed by atoms with Crippen molar-refractivity contribution in [3.63, 3.8) is 0 Å². The zero-order valence-electron chi connectivity index (χ0n) is 11.6. The smallest absolute Gasteiger partial charge is 0.330 e. The minimum atomic E-state index is -0.376. The predicted molar refractivity (Wildman–Crippen MR) is 75.1 cm³/mol. The van der Waals surface area contributed by atoms with Gasteiger partial charge in [0.15, 0.2) is 0 Å². The van der Waals surface area contributed by atoms with Gasteiger partial charge in [0.25, 0.3) is 0 Å². The fourth-order valence-corrected chi connectivity index (χ4v) is 1.55. The van der Waals surface area contributed by atoms with Gasteiger partial charge in [-0.25, -0.2) is 9.78 Å². The molecule has 0 atom stereocenters. The number of esters is 1. The normalized spacial score (nSPS) is 10.7. The number of methoxy groups -OCH3 is 2. The van der Waals surface area contributed by atoms with Crippen molar-refractivity contribution in [3.05, 3.63) is 30.0 Å². The summed E-state index contributed by atoms with van der Waals surface area (Å²) in [5.41, 5.74) is 0.858. The van der Waals surface area contributed by atoms with E-state index in [0.717, 1.165) is 24.5 Å². The first-order valence-corrected chi connectivity index (χ1v) is 6.17. The molecule has 19 heavy (non-hydrogen) atoms. The van der Waals surface area contributed by atoms with Crippen molar-refractivity contribution in [2.24, 2.45) is 0 Å². The second-order valence-corrected chi connectivity index (χ2v) is 3.88. The first kappa shape index (κ1) is 15.2. The lowest BCUT2D eigenvalue weighted by Gasteiger charge is -2.21. The van der Waals surface area contributed by atoms with Gasteiger partial charge < -0.3 is 14.4 Å². The molecule has 0 spiro atoms. The number of nitrogens with zero attached hydrogens (tertiary/aromatic N) is 2. The number of hydrogen-bond acceptors (Lipinski definition) is 5. The summed E-state index contributed by atoms with van der Waals surface area (Å²) in [4.78, 5) is 17.5. The molecule has 0 radical (unpaired) electrons. The number of aromatic nitrogens is 1. The summed E-state index contributed by atoms with van der Waals surface area (Å²) in [6.45, 7) is 4.41. The van der Waals surface area contributed by atoms with Crippen LogP contribution in [-0.2, 0) is 14.3 Å². The summed E-state index contributed by atoms with van der Waals surface area (Å²) in [6.07, 6.45) is 4.78. The Kier molecular flexibility index (Phi) is 6.60. The molecule has 0 aliphatic heterocycles. The molecule has 0 saturated carbocycles. The van der Waals surface area contributed by atoms with Gasteiger partial charge in [-0.05, 0) is 30.7 Å². The third-order valence-corrected chi connectivity index (χ3v) is 2.65. The predicted octanol–water partition coefficient (Wildman–Crippen LogP) is 1.74. The average molecular weight is 264 g/mol. The van der Waals surface area contributed by atoms with Crippen LogP contribution in [0.1, 0.15) is 12.5 Å². The van der Waals surface area contributed by atoms with Crippen molar-refractivity contribution >= 4 is 17.9 Å². The van der Waals surface area contributed by atoms with Crippen LogP contribution in [0.25, 0.3) is 6.08 Å². The van der Waals surface area contributed by atoms with E-state index >= 15 is 0 Å². The van der Waals surface area contributed by atoms with Crippen molar-refractivity contribution in [3.8, 4) is 0 Å². The highest BCUT2D eigenvalue weighted by Crippen LogP contribution is 2.11. The highest BCUT2D eigenvalue weighted by atomic mass is 16.5. The van der Waals surface area contributed by atoms with Gasteiger partial charge in [0, 0.05) is 32.5 Å². The van der Waals surface area contributed by atoms with Crippen LogP contribution < -0.4 is 4.90 Å². The number of hydrogen-bond donors (Lipinski definition) is 0. The first-order chi connectivity index (χ1) is 9.21. The quantitative estimate of drug-likeness (QED) is 0.554. The Bertz CT molecular complexity index is 415. The fraction of sp³-hybridized carbons (Fsp3) is 0.429. The molecule has 0 aliphatic carbocycles. The van der Waals surface area contributed by atoms with Crippen LogP contribution in [0, 0.1) is 0 Å². The summed E-state index contributed by atoms with van der Waals surface area (Å²) in [5.74, 6) is 0.522. The molecule has 0 unspecified atom stereocenters. The number of likely N-dealkylation sites (N-methyl/N-ethyl adjacent to an activating group) is 1. The molecule has 0 amide bonds. The van der Waals surface area contributed by atoms with E-state index in [0.29, 0.717) is 6.61 Å². The van der Waals surface area contributed by atoms with E-state index in [9.17, 15) is 4.79 Å². The van der Waals surface area contributed by atoms with Crippen molar-refractivity contribution in [1.82, 2.24) is 4.98 Å². The standard InChI is InChI=1S/C14H20N2O3/c1-4-16(9-10-18-2)13-7-5-12(11-15-13)6-8-14(17)19-3/h5-8,11H,4,9-10H2,1-3H3/b8-6+. The Labute approximate surface area is 113 Å². The number of pyridine rings is 1. The van der Waals surface area contributed by atoms with Gasteiger partial charge in [0.1, 0.15) is 5.82 Å². The van der Waals surface area contributed by atoms with E-state index in [1.165, 1.54) is 13.2 Å². The summed E-state index contributed by atoms with van der Waals surface area (Å²) in [5, 5.41) is 0. The molecule has 104 valence electrons. The van der Waals surface area contributed by atoms with E-state index < -0.39 is 0 Å². The average Bonchev–Trinajstić information content (AvgIpc) is 2.46. The maximum absolute atomic E-state index is 11.0. The van der Waals surface area contributed by atoms with Crippen LogP contribution in [0.4, 0.5) is 5.82 Å². The lowest BCUT2D eigenvalue weighted by molar-refractivity contribution is -0.134. The molecule has 0 aliphatic rings. The third kappa shape index (κ3) is 5.09. The summed E-state index contributed by atoms with van der Waals surface area (Å²) in [6, 6.07) is 3.84. The van der Waals surface area contributed by atoms with Crippen molar-refractivity contribution in [2.45, 2.75) is 6.92 Å². The Balaban J connectivity index is 2.69. The minimum absolute atomic E-state index is 0.376. The molecule has 1 aromatic rings. The van der Waals surface area contributed by atoms with Crippen LogP contribution in [0.3, 0.4) is 0 Å². The molecule has 1 aromatic heterocycles. The van der Waals surface area contributed by atoms with Crippen molar-refractivity contribution in [1.29, 1.82) is 0 Å². The Morgan fingerprint density at radius 3 is 2.74 bits per heavy atom. The number of carbonyl (C=O) groups is 1. The van der Waals surface area contributed by atoms with E-state index in [1.54, 1.807) is 19.4 Å². The molecular weight excluding hydrogens is 244 g/mol. The third-order valence-electron chi connectivity index (χ3n) is 2.65. The van der Waals surface area contributed by atoms with Crippen LogP contribution in [0.15, 0.2) is 24.4 Å². The highest BCUT2D eigenvalue weighted by Gasteiger charge is 2.04. The van der Waals surface area contributed by atoms with Crippen molar-refractivity contribution in [2.75, 3.05) is 38.8 Å². The summed E-state index contributed by atoms with van der Waals surface area (Å²) < 4.78 is 9.59. The zero-order valence-corrected chi connectivity index (χ0v) is 11.6. The van der Waals surface area contributed by atoms with E-state index in [4.69, 9.17) is 4.74 Å². The maximum Gasteiger partial charge on any atom is 0.330 e. The first-order valence-electron chi connectivity index (χ1n) is 6.17. The molecule has 0 N–H and O–H groups in total. The molecular formula is C14H20N2O3. The van der Waals surface area contributed by atoms with E-state index in [1.807, 2.05) is 12.1 Å². The van der Waals surface area contributed by atoms with Crippen LogP contribution in [0.5, 0.6) is 0 Å². The summed E-state index contributed by atoms with van der Waals surface area (Å²) >= 11 is 0. The van der Waals surface area contributed by atoms with Gasteiger partial charge in [-0.1, -0.05) is 0 Å². The zero-order chi connectivity index (χ0) is 14.1. The van der Waals surface area contributed by atoms with Gasteiger partial charge >= 0.3 is 5.97 Å². The molecule has 0 saturated heterocycles. The van der Waals surface area contributed by atoms with Crippen LogP contribution in [-0.4, -0.2) is 44.9 Å². The monoisotopic (exact) mass is 264 g/mol. The highest BCUT2D eigenvalue weighted by molar-refractivity contribution is 5.86. The molecule has 0 aromatic carbocycles. The SMILES string of the molecule is CCN(CCOC)c1ccc(/C=C/C(=O)OC)cn1. The van der Waals surface area contributed by atoms with Gasteiger partial charge in [-0.15, -0.1) is 0 Å². The minimum Gasteiger partial charge on any atom is -0.466 e. The molecule has 1 heterocycles. The fourth-order valence-electron chi connectivity index (χ4n) is 1.55. The van der Waals surface area contributed by atoms with Crippen molar-refractivity contribution < 1.29 is 14.3 Å². The number of carbonyl (C=O) groups excluding carboxylic acids is 1. The molecule has 5 heteroatoms. The summed E-state index contributed by atoms with van der Waals surface area (Å²) in [7, 11) is 3.03. The molecule has 5 nitrogen and oxygen atoms in total. The van der Waals surface area contributed by atoms with Crippen LogP contribution >= 0.6 is 0 Å². The lowest BCUT2D eigenvalue weighted by Crippen LogP contribution is -2.27. The largest absolute Gasteiger partial charge is 0.466 e. The Morgan fingerprint density at radius 2 is 2.21 bits per heavy atom. The van der Waals surface area contributed by atoms with Gasteiger partial charge in [-0.3, -0.25) is 0 Å². The molecule has 0 bridgehead atoms. The van der Waals surface area contributed by atoms with Gasteiger partial charge in [0.2, 0.25) is 0 Å². The topological polar surface area (TPSA) is 51.7 Å².